The minimum Gasteiger partial charge on any atom is -0.469 e. The number of pyridine rings is 1. The van der Waals surface area contributed by atoms with Gasteiger partial charge in [-0.25, -0.2) is 8.78 Å². The summed E-state index contributed by atoms with van der Waals surface area (Å²) >= 11 is 0. The number of carbonyl (C=O) groups excluding carboxylic acids is 1. The van der Waals surface area contributed by atoms with Gasteiger partial charge >= 0.3 is 18.1 Å². The number of hydrogen-bond donors (Lipinski definition) is 0. The predicted molar refractivity (Wildman–Crippen MR) is 58.3 cm³/mol. The molecule has 0 radical (unpaired) electrons. The lowest BCUT2D eigenvalue weighted by Crippen LogP contribution is -2.20. The number of nitro groups is 1. The first-order chi connectivity index (χ1) is 10.0. The molecule has 0 N–H and O–H groups in total. The summed E-state index contributed by atoms with van der Waals surface area (Å²) < 4.78 is 69.8. The summed E-state index contributed by atoms with van der Waals surface area (Å²) in [5, 5.41) is 10.7. The quantitative estimate of drug-likeness (QED) is 0.357. The Hall–Kier alpha value is -2.53. The summed E-state index contributed by atoms with van der Waals surface area (Å²) in [5.74, 6) is -3.69. The molecule has 0 saturated heterocycles. The van der Waals surface area contributed by atoms with Gasteiger partial charge < -0.3 is 19.6 Å². The Morgan fingerprint density at radius 3 is 2.45 bits per heavy atom. The van der Waals surface area contributed by atoms with Crippen molar-refractivity contribution in [1.29, 1.82) is 0 Å². The van der Waals surface area contributed by atoms with Crippen molar-refractivity contribution in [3.05, 3.63) is 27.4 Å². The number of ether oxygens (including phenoxy) is 2. The van der Waals surface area contributed by atoms with Crippen molar-refractivity contribution >= 4 is 11.8 Å². The second kappa shape index (κ2) is 6.49. The van der Waals surface area contributed by atoms with E-state index in [1.54, 1.807) is 0 Å². The van der Waals surface area contributed by atoms with E-state index in [0.717, 1.165) is 7.11 Å². The van der Waals surface area contributed by atoms with Gasteiger partial charge in [0.25, 0.3) is 6.43 Å². The van der Waals surface area contributed by atoms with Gasteiger partial charge in [-0.2, -0.15) is 0 Å². The molecule has 0 aliphatic heterocycles. The SMILES string of the molecule is COC(=O)Cc1nc([N+](=O)[O-])c(C(F)F)cc1OC(F)(F)F. The highest BCUT2D eigenvalue weighted by molar-refractivity contribution is 5.73. The first-order valence-electron chi connectivity index (χ1n) is 5.34. The molecular weight excluding hydrogens is 323 g/mol. The van der Waals surface area contributed by atoms with Gasteiger partial charge in [-0.1, -0.05) is 0 Å². The second-order valence-corrected chi connectivity index (χ2v) is 3.70. The van der Waals surface area contributed by atoms with E-state index in [1.807, 2.05) is 0 Å². The van der Waals surface area contributed by atoms with Crippen LogP contribution in [0.3, 0.4) is 0 Å². The van der Waals surface area contributed by atoms with Crippen molar-refractivity contribution in [1.82, 2.24) is 4.98 Å². The van der Waals surface area contributed by atoms with Crippen LogP contribution in [0.4, 0.5) is 27.8 Å². The lowest BCUT2D eigenvalue weighted by molar-refractivity contribution is -0.391. The Kier molecular flexibility index (Phi) is 5.17. The third kappa shape index (κ3) is 4.49. The molecule has 7 nitrogen and oxygen atoms in total. The average Bonchev–Trinajstić information content (AvgIpc) is 2.37. The maximum absolute atomic E-state index is 12.7. The third-order valence-electron chi connectivity index (χ3n) is 2.24. The second-order valence-electron chi connectivity index (χ2n) is 3.70. The molecule has 1 aromatic rings. The van der Waals surface area contributed by atoms with E-state index in [-0.39, 0.29) is 6.07 Å². The fourth-order valence-electron chi connectivity index (χ4n) is 1.39. The molecule has 122 valence electrons. The molecule has 22 heavy (non-hydrogen) atoms. The van der Waals surface area contributed by atoms with E-state index in [1.165, 1.54) is 0 Å². The molecule has 1 aromatic heterocycles. The van der Waals surface area contributed by atoms with E-state index >= 15 is 0 Å². The van der Waals surface area contributed by atoms with E-state index < -0.39 is 52.9 Å². The fraction of sp³-hybridized carbons (Fsp3) is 0.400. The van der Waals surface area contributed by atoms with Crippen molar-refractivity contribution in [2.45, 2.75) is 19.2 Å². The maximum Gasteiger partial charge on any atom is 0.573 e. The fourth-order valence-corrected chi connectivity index (χ4v) is 1.39. The lowest BCUT2D eigenvalue weighted by atomic mass is 10.2. The number of rotatable bonds is 5. The Morgan fingerprint density at radius 1 is 1.45 bits per heavy atom. The van der Waals surface area contributed by atoms with Gasteiger partial charge in [0.05, 0.1) is 7.11 Å². The molecule has 0 aliphatic rings. The number of halogens is 5. The Morgan fingerprint density at radius 2 is 2.05 bits per heavy atom. The van der Waals surface area contributed by atoms with Gasteiger partial charge in [0, 0.05) is 6.07 Å². The van der Waals surface area contributed by atoms with Crippen molar-refractivity contribution < 1.29 is 41.1 Å². The number of nitrogens with zero attached hydrogens (tertiary/aromatic N) is 2. The normalized spacial score (nSPS) is 11.4. The summed E-state index contributed by atoms with van der Waals surface area (Å²) in [6.45, 7) is 0. The minimum atomic E-state index is -5.26. The average molecular weight is 330 g/mol. The molecule has 0 bridgehead atoms. The first-order valence-corrected chi connectivity index (χ1v) is 5.34. The molecular formula is C10H7F5N2O5. The van der Waals surface area contributed by atoms with Crippen LogP contribution in [0, 0.1) is 10.1 Å². The first kappa shape index (κ1) is 17.5. The van der Waals surface area contributed by atoms with Crippen molar-refractivity contribution in [2.24, 2.45) is 0 Å². The van der Waals surface area contributed by atoms with Gasteiger partial charge in [-0.3, -0.25) is 4.79 Å². The summed E-state index contributed by atoms with van der Waals surface area (Å²) in [6.07, 6.45) is -9.65. The van der Waals surface area contributed by atoms with E-state index in [9.17, 15) is 36.9 Å². The zero-order valence-corrected chi connectivity index (χ0v) is 10.7. The maximum atomic E-state index is 12.7. The van der Waals surface area contributed by atoms with Crippen LogP contribution in [0.15, 0.2) is 6.07 Å². The van der Waals surface area contributed by atoms with Crippen molar-refractivity contribution in [3.63, 3.8) is 0 Å². The minimum absolute atomic E-state index is 0.127. The van der Waals surface area contributed by atoms with Crippen LogP contribution in [-0.2, 0) is 16.0 Å². The Labute approximate surface area is 118 Å². The number of esters is 1. The molecule has 0 amide bonds. The standard InChI is InChI=1S/C10H7F5N2O5/c1-21-7(18)3-5-6(22-10(13,14)15)2-4(8(11)12)9(16-5)17(19)20/h2,8H,3H2,1H3. The monoisotopic (exact) mass is 330 g/mol. The van der Waals surface area contributed by atoms with Crippen LogP contribution in [-0.4, -0.2) is 29.3 Å². The van der Waals surface area contributed by atoms with E-state index in [2.05, 4.69) is 14.5 Å². The topological polar surface area (TPSA) is 91.6 Å². The van der Waals surface area contributed by atoms with Crippen LogP contribution >= 0.6 is 0 Å². The van der Waals surface area contributed by atoms with Crippen molar-refractivity contribution in [3.8, 4) is 5.75 Å². The summed E-state index contributed by atoms with van der Waals surface area (Å²) in [5.41, 5.74) is -2.21. The Bertz CT molecular complexity index is 590. The highest BCUT2D eigenvalue weighted by Crippen LogP contribution is 2.35. The van der Waals surface area contributed by atoms with Gasteiger partial charge in [0.1, 0.15) is 12.0 Å². The molecule has 0 aromatic carbocycles. The van der Waals surface area contributed by atoms with Gasteiger partial charge in [0.2, 0.25) is 5.69 Å². The van der Waals surface area contributed by atoms with Crippen LogP contribution < -0.4 is 4.74 Å². The zero-order valence-electron chi connectivity index (χ0n) is 10.7. The number of alkyl halides is 5. The highest BCUT2D eigenvalue weighted by Gasteiger charge is 2.36. The van der Waals surface area contributed by atoms with Crippen LogP contribution in [0.2, 0.25) is 0 Å². The van der Waals surface area contributed by atoms with Gasteiger partial charge in [-0.05, 0) is 9.91 Å². The predicted octanol–water partition coefficient (Wildman–Crippen LogP) is 2.54. The number of methoxy groups -OCH3 is 1. The van der Waals surface area contributed by atoms with Crippen LogP contribution in [0.25, 0.3) is 0 Å². The van der Waals surface area contributed by atoms with E-state index in [0.29, 0.717) is 0 Å². The smallest absolute Gasteiger partial charge is 0.469 e. The van der Waals surface area contributed by atoms with Crippen molar-refractivity contribution in [2.75, 3.05) is 7.11 Å². The Balaban J connectivity index is 3.45. The number of aromatic nitrogens is 1. The number of hydrogen-bond acceptors (Lipinski definition) is 6. The van der Waals surface area contributed by atoms with E-state index in [4.69, 9.17) is 0 Å². The summed E-state index contributed by atoms with van der Waals surface area (Å²) in [6, 6.07) is 0.127. The van der Waals surface area contributed by atoms with Gasteiger partial charge in [0.15, 0.2) is 5.75 Å². The summed E-state index contributed by atoms with van der Waals surface area (Å²) in [4.78, 5) is 23.5. The van der Waals surface area contributed by atoms with Crippen LogP contribution in [0.1, 0.15) is 17.7 Å². The molecule has 12 heteroatoms. The zero-order chi connectivity index (χ0) is 17.1. The molecule has 1 rings (SSSR count). The molecule has 0 aliphatic carbocycles. The number of carbonyl (C=O) groups is 1. The molecule has 0 saturated carbocycles. The lowest BCUT2D eigenvalue weighted by Gasteiger charge is -2.12. The molecule has 0 atom stereocenters. The molecule has 0 unspecified atom stereocenters. The largest absolute Gasteiger partial charge is 0.573 e. The van der Waals surface area contributed by atoms with Gasteiger partial charge in [-0.15, -0.1) is 13.2 Å². The summed E-state index contributed by atoms with van der Waals surface area (Å²) in [7, 11) is 0.911. The molecule has 1 heterocycles. The van der Waals surface area contributed by atoms with Crippen LogP contribution in [0.5, 0.6) is 5.75 Å². The highest BCUT2D eigenvalue weighted by atomic mass is 19.4. The molecule has 0 fully saturated rings. The third-order valence-corrected chi connectivity index (χ3v) is 2.24. The molecule has 0 spiro atoms.